The van der Waals surface area contributed by atoms with Gasteiger partial charge in [-0.1, -0.05) is 12.1 Å². The second-order valence-electron chi connectivity index (χ2n) is 3.43. The van der Waals surface area contributed by atoms with Crippen molar-refractivity contribution in [2.24, 2.45) is 5.73 Å². The molecule has 0 saturated heterocycles. The van der Waals surface area contributed by atoms with Crippen LogP contribution < -0.4 is 5.73 Å². The Labute approximate surface area is 80.7 Å². The first kappa shape index (κ1) is 11.0. The van der Waals surface area contributed by atoms with Crippen LogP contribution in [0.1, 0.15) is 12.5 Å². The van der Waals surface area contributed by atoms with Crippen LogP contribution in [0, 0.1) is 5.82 Å². The molecule has 0 aliphatic heterocycles. The summed E-state index contributed by atoms with van der Waals surface area (Å²) in [5, 5.41) is 0. The second-order valence-corrected chi connectivity index (χ2v) is 3.43. The second kappa shape index (κ2) is 4.00. The van der Waals surface area contributed by atoms with Gasteiger partial charge in [0.1, 0.15) is 5.82 Å². The van der Waals surface area contributed by atoms with Crippen molar-refractivity contribution in [2.45, 2.75) is 18.8 Å². The zero-order valence-corrected chi connectivity index (χ0v) is 7.81. The van der Waals surface area contributed by atoms with Crippen LogP contribution in [0.4, 0.5) is 13.2 Å². The van der Waals surface area contributed by atoms with Gasteiger partial charge in [0.2, 0.25) is 6.43 Å². The molecule has 0 spiro atoms. The minimum absolute atomic E-state index is 0.214. The normalized spacial score (nSPS) is 15.6. The van der Waals surface area contributed by atoms with E-state index in [-0.39, 0.29) is 12.1 Å². The van der Waals surface area contributed by atoms with Crippen LogP contribution >= 0.6 is 0 Å². The maximum atomic E-state index is 12.8. The lowest BCUT2D eigenvalue weighted by Crippen LogP contribution is -2.39. The van der Waals surface area contributed by atoms with Crippen molar-refractivity contribution >= 4 is 0 Å². The molecule has 0 aromatic heterocycles. The van der Waals surface area contributed by atoms with Gasteiger partial charge in [0.15, 0.2) is 0 Å². The van der Waals surface area contributed by atoms with Crippen LogP contribution in [0.2, 0.25) is 0 Å². The summed E-state index contributed by atoms with van der Waals surface area (Å²) in [7, 11) is 0. The quantitative estimate of drug-likeness (QED) is 0.801. The van der Waals surface area contributed by atoms with E-state index in [4.69, 9.17) is 5.73 Å². The van der Waals surface area contributed by atoms with E-state index < -0.39 is 17.7 Å². The van der Waals surface area contributed by atoms with Crippen molar-refractivity contribution in [1.82, 2.24) is 0 Å². The summed E-state index contributed by atoms with van der Waals surface area (Å²) in [6.07, 6.45) is -2.60. The maximum Gasteiger partial charge on any atom is 0.249 e. The first-order valence-corrected chi connectivity index (χ1v) is 4.25. The van der Waals surface area contributed by atoms with Gasteiger partial charge < -0.3 is 5.73 Å². The van der Waals surface area contributed by atoms with E-state index in [0.29, 0.717) is 0 Å². The molecular weight excluding hydrogens is 191 g/mol. The lowest BCUT2D eigenvalue weighted by atomic mass is 9.83. The first-order valence-electron chi connectivity index (χ1n) is 4.25. The van der Waals surface area contributed by atoms with Crippen LogP contribution in [-0.2, 0) is 5.41 Å². The number of benzene rings is 1. The SMILES string of the molecule is CC(CN)(c1cccc(F)c1)C(F)F. The minimum Gasteiger partial charge on any atom is -0.329 e. The number of hydrogen-bond donors (Lipinski definition) is 1. The van der Waals surface area contributed by atoms with E-state index in [1.807, 2.05) is 0 Å². The summed E-state index contributed by atoms with van der Waals surface area (Å²) in [5.41, 5.74) is 4.05. The molecular formula is C10H12F3N. The predicted molar refractivity (Wildman–Crippen MR) is 48.8 cm³/mol. The van der Waals surface area contributed by atoms with Crippen LogP contribution in [-0.4, -0.2) is 13.0 Å². The molecule has 0 heterocycles. The van der Waals surface area contributed by atoms with Crippen molar-refractivity contribution in [3.8, 4) is 0 Å². The van der Waals surface area contributed by atoms with Gasteiger partial charge in [0.05, 0.1) is 5.41 Å². The average Bonchev–Trinajstić information content (AvgIpc) is 2.16. The highest BCUT2D eigenvalue weighted by Crippen LogP contribution is 2.29. The molecule has 0 bridgehead atoms. The summed E-state index contributed by atoms with van der Waals surface area (Å²) >= 11 is 0. The van der Waals surface area contributed by atoms with Crippen molar-refractivity contribution in [2.75, 3.05) is 6.54 Å². The lowest BCUT2D eigenvalue weighted by Gasteiger charge is -2.27. The van der Waals surface area contributed by atoms with Gasteiger partial charge in [-0.05, 0) is 24.6 Å². The van der Waals surface area contributed by atoms with Gasteiger partial charge in [0.25, 0.3) is 0 Å². The molecule has 4 heteroatoms. The third-order valence-corrected chi connectivity index (χ3v) is 2.39. The molecule has 0 aliphatic carbocycles. The largest absolute Gasteiger partial charge is 0.329 e. The Hall–Kier alpha value is -1.03. The highest BCUT2D eigenvalue weighted by molar-refractivity contribution is 5.26. The van der Waals surface area contributed by atoms with Crippen LogP contribution in [0.25, 0.3) is 0 Å². The molecule has 78 valence electrons. The maximum absolute atomic E-state index is 12.8. The summed E-state index contributed by atoms with van der Waals surface area (Å²) in [6.45, 7) is 1.11. The molecule has 1 aromatic rings. The summed E-state index contributed by atoms with van der Waals surface area (Å²) in [6, 6.07) is 5.17. The molecule has 0 amide bonds. The van der Waals surface area contributed by atoms with Gasteiger partial charge >= 0.3 is 0 Å². The molecule has 1 aromatic carbocycles. The molecule has 1 rings (SSSR count). The zero-order chi connectivity index (χ0) is 10.8. The zero-order valence-electron chi connectivity index (χ0n) is 7.81. The van der Waals surface area contributed by atoms with E-state index in [1.165, 1.54) is 25.1 Å². The molecule has 0 fully saturated rings. The molecule has 1 nitrogen and oxygen atoms in total. The number of alkyl halides is 2. The molecule has 0 saturated carbocycles. The van der Waals surface area contributed by atoms with Crippen molar-refractivity contribution in [3.05, 3.63) is 35.6 Å². The molecule has 0 aliphatic rings. The smallest absolute Gasteiger partial charge is 0.249 e. The number of rotatable bonds is 3. The van der Waals surface area contributed by atoms with Crippen LogP contribution in [0.3, 0.4) is 0 Å². The number of halogens is 3. The Balaban J connectivity index is 3.12. The molecule has 0 radical (unpaired) electrons. The van der Waals surface area contributed by atoms with Gasteiger partial charge in [-0.15, -0.1) is 0 Å². The van der Waals surface area contributed by atoms with Crippen LogP contribution in [0.15, 0.2) is 24.3 Å². The average molecular weight is 203 g/mol. The monoisotopic (exact) mass is 203 g/mol. The molecule has 1 unspecified atom stereocenters. The lowest BCUT2D eigenvalue weighted by molar-refractivity contribution is 0.0636. The van der Waals surface area contributed by atoms with E-state index in [2.05, 4.69) is 0 Å². The first-order chi connectivity index (χ1) is 6.50. The molecule has 14 heavy (non-hydrogen) atoms. The van der Waals surface area contributed by atoms with E-state index in [9.17, 15) is 13.2 Å². The van der Waals surface area contributed by atoms with Crippen LogP contribution in [0.5, 0.6) is 0 Å². The van der Waals surface area contributed by atoms with Gasteiger partial charge in [0, 0.05) is 6.54 Å². The predicted octanol–water partition coefficient (Wildman–Crippen LogP) is 2.31. The molecule has 1 atom stereocenters. The van der Waals surface area contributed by atoms with E-state index in [0.717, 1.165) is 6.07 Å². The Morgan fingerprint density at radius 1 is 1.43 bits per heavy atom. The minimum atomic E-state index is -2.60. The van der Waals surface area contributed by atoms with Crippen molar-refractivity contribution in [1.29, 1.82) is 0 Å². The Morgan fingerprint density at radius 3 is 2.50 bits per heavy atom. The topological polar surface area (TPSA) is 26.0 Å². The van der Waals surface area contributed by atoms with Crippen molar-refractivity contribution < 1.29 is 13.2 Å². The van der Waals surface area contributed by atoms with Gasteiger partial charge in [-0.25, -0.2) is 13.2 Å². The fourth-order valence-corrected chi connectivity index (χ4v) is 1.18. The van der Waals surface area contributed by atoms with E-state index >= 15 is 0 Å². The van der Waals surface area contributed by atoms with E-state index in [1.54, 1.807) is 0 Å². The summed E-state index contributed by atoms with van der Waals surface area (Å²) in [5.74, 6) is -0.525. The molecule has 2 N–H and O–H groups in total. The van der Waals surface area contributed by atoms with Crippen molar-refractivity contribution in [3.63, 3.8) is 0 Å². The Morgan fingerprint density at radius 2 is 2.07 bits per heavy atom. The fraction of sp³-hybridized carbons (Fsp3) is 0.400. The Kier molecular flexibility index (Phi) is 3.16. The number of hydrogen-bond acceptors (Lipinski definition) is 1. The highest BCUT2D eigenvalue weighted by Gasteiger charge is 2.35. The third-order valence-electron chi connectivity index (χ3n) is 2.39. The van der Waals surface area contributed by atoms with Gasteiger partial charge in [-0.3, -0.25) is 0 Å². The summed E-state index contributed by atoms with van der Waals surface area (Å²) in [4.78, 5) is 0. The standard InChI is InChI=1S/C10H12F3N/c1-10(6-14,9(12)13)7-3-2-4-8(11)5-7/h2-5,9H,6,14H2,1H3. The fourth-order valence-electron chi connectivity index (χ4n) is 1.18. The Bertz CT molecular complexity index is 314. The third kappa shape index (κ3) is 1.90. The van der Waals surface area contributed by atoms with Gasteiger partial charge in [-0.2, -0.15) is 0 Å². The number of nitrogens with two attached hydrogens (primary N) is 1. The summed E-state index contributed by atoms with van der Waals surface area (Å²) < 4.78 is 38.2. The highest BCUT2D eigenvalue weighted by atomic mass is 19.3.